The van der Waals surface area contributed by atoms with Gasteiger partial charge < -0.3 is 28.5 Å². The fourth-order valence-electron chi connectivity index (χ4n) is 3.12. The Labute approximate surface area is 206 Å². The maximum atomic E-state index is 13.2. The number of alkyl halides is 7. The Morgan fingerprint density at radius 3 is 1.72 bits per heavy atom. The molecule has 0 aliphatic heterocycles. The van der Waals surface area contributed by atoms with Crippen LogP contribution in [-0.2, 0) is 12.4 Å². The van der Waals surface area contributed by atoms with Gasteiger partial charge in [-0.3, -0.25) is 0 Å². The lowest BCUT2D eigenvalue weighted by Gasteiger charge is -2.26. The topological polar surface area (TPSA) is 0 Å². The molecule has 0 aliphatic rings. The monoisotopic (exact) mass is 591 g/mol. The highest BCUT2D eigenvalue weighted by atomic mass is 127. The summed E-state index contributed by atoms with van der Waals surface area (Å²) in [6.07, 6.45) is -5.29. The molecule has 178 valence electrons. The zero-order valence-corrected chi connectivity index (χ0v) is 20.6. The summed E-state index contributed by atoms with van der Waals surface area (Å²) >= 11 is 5.90. The summed E-state index contributed by atoms with van der Waals surface area (Å²) in [5.74, 6) is 0. The predicted molar refractivity (Wildman–Crippen MR) is 112 cm³/mol. The molecule has 2 aromatic rings. The van der Waals surface area contributed by atoms with Gasteiger partial charge in [0.1, 0.15) is 0 Å². The second-order valence-electron chi connectivity index (χ2n) is 8.05. The Hall–Kier alpha value is -1.26. The second kappa shape index (κ2) is 11.7. The predicted octanol–water partition coefficient (Wildman–Crippen LogP) is 4.60. The van der Waals surface area contributed by atoms with Crippen molar-refractivity contribution in [2.24, 2.45) is 0 Å². The van der Waals surface area contributed by atoms with E-state index in [4.69, 9.17) is 11.6 Å². The molecule has 32 heavy (non-hydrogen) atoms. The highest BCUT2D eigenvalue weighted by Gasteiger charge is 2.32. The summed E-state index contributed by atoms with van der Waals surface area (Å²) in [6, 6.07) is 9.78. The molecule has 0 unspecified atom stereocenters. The van der Waals surface area contributed by atoms with E-state index in [1.165, 1.54) is 24.3 Å². The number of hydrogen-bond acceptors (Lipinski definition) is 0. The number of halogens is 8. The van der Waals surface area contributed by atoms with Gasteiger partial charge in [0.2, 0.25) is 0 Å². The normalized spacial score (nSPS) is 12.3. The van der Waals surface area contributed by atoms with Crippen LogP contribution in [0.3, 0.4) is 0 Å². The molecule has 0 bridgehead atoms. The Balaban J connectivity index is 0.00000512. The molecular weight excluding hydrogens is 567 g/mol. The molecule has 9 heteroatoms. The van der Waals surface area contributed by atoms with Crippen molar-refractivity contribution in [3.8, 4) is 0 Å². The third-order valence-electron chi connectivity index (χ3n) is 4.89. The summed E-state index contributed by atoms with van der Waals surface area (Å²) in [5, 5.41) is 0. The van der Waals surface area contributed by atoms with Gasteiger partial charge in [0.05, 0.1) is 31.8 Å². The molecule has 0 saturated heterocycles. The minimum Gasteiger partial charge on any atom is -1.00 e. The minimum absolute atomic E-state index is 0. The summed E-state index contributed by atoms with van der Waals surface area (Å²) < 4.78 is 79.7. The van der Waals surface area contributed by atoms with Gasteiger partial charge in [-0.05, 0) is 60.2 Å². The summed E-state index contributed by atoms with van der Waals surface area (Å²) in [5.41, 5.74) is -0.881. The van der Waals surface area contributed by atoms with Gasteiger partial charge in [0.25, 0.3) is 0 Å². The number of nitrogens with zero attached hydrogens (tertiary/aromatic N) is 1. The van der Waals surface area contributed by atoms with E-state index in [0.717, 1.165) is 43.7 Å². The van der Waals surface area contributed by atoms with E-state index in [0.29, 0.717) is 22.5 Å². The smallest absolute Gasteiger partial charge is 0.416 e. The van der Waals surface area contributed by atoms with Gasteiger partial charge in [-0.1, -0.05) is 41.9 Å². The van der Waals surface area contributed by atoms with Gasteiger partial charge in [-0.15, -0.1) is 0 Å². The molecule has 0 amide bonds. The number of allylic oxidation sites excluding steroid dienone is 1. The van der Waals surface area contributed by atoms with Crippen LogP contribution < -0.4 is 24.0 Å². The second-order valence-corrected chi connectivity index (χ2v) is 8.29. The standard InChI is InChI=1S/C23H25ClF6N.HI/c1-31(2,16-24)13-5-3-4-12-21(17-8-6-10-19(14-17)22(25,26)27)18-9-7-11-20(15-18)23(28,29)30;/h6-12,14-15H,3-5,13,16H2,1-2H3;1H/q+1;/p-1. The maximum absolute atomic E-state index is 13.2. The van der Waals surface area contributed by atoms with Crippen molar-refractivity contribution in [2.45, 2.75) is 31.6 Å². The van der Waals surface area contributed by atoms with E-state index in [-0.39, 0.29) is 35.1 Å². The summed E-state index contributed by atoms with van der Waals surface area (Å²) in [7, 11) is 3.97. The van der Waals surface area contributed by atoms with E-state index in [1.807, 2.05) is 14.1 Å². The Morgan fingerprint density at radius 2 is 1.31 bits per heavy atom. The molecule has 1 nitrogen and oxygen atoms in total. The Bertz CT molecular complexity index is 846. The van der Waals surface area contributed by atoms with Crippen LogP contribution in [0, 0.1) is 0 Å². The third-order valence-corrected chi connectivity index (χ3v) is 5.54. The molecule has 0 radical (unpaired) electrons. The van der Waals surface area contributed by atoms with Gasteiger partial charge in [0.15, 0.2) is 6.00 Å². The molecule has 0 aromatic heterocycles. The van der Waals surface area contributed by atoms with Gasteiger partial charge in [-0.2, -0.15) is 26.3 Å². The molecule has 0 fully saturated rings. The van der Waals surface area contributed by atoms with Gasteiger partial charge >= 0.3 is 12.4 Å². The molecule has 0 aliphatic carbocycles. The number of unbranched alkanes of at least 4 members (excludes halogenated alkanes) is 2. The average Bonchev–Trinajstić information content (AvgIpc) is 2.69. The van der Waals surface area contributed by atoms with Crippen LogP contribution in [0.5, 0.6) is 0 Å². The van der Waals surface area contributed by atoms with Crippen molar-refractivity contribution >= 4 is 17.2 Å². The quantitative estimate of drug-likeness (QED) is 0.105. The highest BCUT2D eigenvalue weighted by molar-refractivity contribution is 6.16. The molecule has 0 spiro atoms. The first kappa shape index (κ1) is 28.8. The first-order chi connectivity index (χ1) is 14.3. The maximum Gasteiger partial charge on any atom is 0.416 e. The first-order valence-electron chi connectivity index (χ1n) is 9.77. The molecule has 0 atom stereocenters. The fourth-order valence-corrected chi connectivity index (χ4v) is 3.24. The molecule has 2 aromatic carbocycles. The zero-order chi connectivity index (χ0) is 23.3. The van der Waals surface area contributed by atoms with Crippen molar-refractivity contribution in [1.29, 1.82) is 0 Å². The summed E-state index contributed by atoms with van der Waals surface area (Å²) in [6.45, 7) is 0.819. The zero-order valence-electron chi connectivity index (χ0n) is 17.7. The van der Waals surface area contributed by atoms with Crippen molar-refractivity contribution < 1.29 is 54.8 Å². The molecule has 0 heterocycles. The lowest BCUT2D eigenvalue weighted by atomic mass is 9.93. The minimum atomic E-state index is -4.54. The molecule has 0 N–H and O–H groups in total. The van der Waals surface area contributed by atoms with Crippen LogP contribution in [0.1, 0.15) is 41.5 Å². The Morgan fingerprint density at radius 1 is 0.844 bits per heavy atom. The van der Waals surface area contributed by atoms with E-state index in [1.54, 1.807) is 6.08 Å². The highest BCUT2D eigenvalue weighted by Crippen LogP contribution is 2.35. The SMILES string of the molecule is C[N+](C)(CCl)CCCCC=C(c1cccc(C(F)(F)F)c1)c1cccc(C(F)(F)F)c1.[I-]. The van der Waals surface area contributed by atoms with Crippen LogP contribution in [0.15, 0.2) is 54.6 Å². The summed E-state index contributed by atoms with van der Waals surface area (Å²) in [4.78, 5) is 0. The number of rotatable bonds is 8. The number of benzene rings is 2. The average molecular weight is 592 g/mol. The van der Waals surface area contributed by atoms with E-state index in [2.05, 4.69) is 0 Å². The van der Waals surface area contributed by atoms with Crippen LogP contribution in [0.4, 0.5) is 26.3 Å². The van der Waals surface area contributed by atoms with Crippen molar-refractivity contribution in [3.05, 3.63) is 76.9 Å². The largest absolute Gasteiger partial charge is 1.00 e. The fraction of sp³-hybridized carbons (Fsp3) is 0.391. The molecule has 2 rings (SSSR count). The van der Waals surface area contributed by atoms with E-state index < -0.39 is 23.5 Å². The van der Waals surface area contributed by atoms with E-state index in [9.17, 15) is 26.3 Å². The number of hydrogen-bond donors (Lipinski definition) is 0. The number of quaternary nitrogens is 1. The van der Waals surface area contributed by atoms with Gasteiger partial charge in [-0.25, -0.2) is 0 Å². The van der Waals surface area contributed by atoms with Crippen molar-refractivity contribution in [3.63, 3.8) is 0 Å². The first-order valence-corrected chi connectivity index (χ1v) is 10.3. The molecular formula is C23H25ClF6IN. The van der Waals surface area contributed by atoms with Crippen molar-refractivity contribution in [2.75, 3.05) is 26.6 Å². The lowest BCUT2D eigenvalue weighted by molar-refractivity contribution is -0.879. The van der Waals surface area contributed by atoms with E-state index >= 15 is 0 Å². The Kier molecular flexibility index (Phi) is 10.6. The van der Waals surface area contributed by atoms with Crippen LogP contribution >= 0.6 is 11.6 Å². The van der Waals surface area contributed by atoms with Crippen LogP contribution in [0.25, 0.3) is 5.57 Å². The molecule has 0 saturated carbocycles. The van der Waals surface area contributed by atoms with Gasteiger partial charge in [0, 0.05) is 0 Å². The third kappa shape index (κ3) is 8.59. The lowest BCUT2D eigenvalue weighted by Crippen LogP contribution is -3.00. The van der Waals surface area contributed by atoms with Crippen LogP contribution in [-0.4, -0.2) is 31.1 Å². The van der Waals surface area contributed by atoms with Crippen molar-refractivity contribution in [1.82, 2.24) is 0 Å². The van der Waals surface area contributed by atoms with Crippen LogP contribution in [0.2, 0.25) is 0 Å².